The topological polar surface area (TPSA) is 54.0 Å². The van der Waals surface area contributed by atoms with Crippen LogP contribution < -0.4 is 10.6 Å². The van der Waals surface area contributed by atoms with E-state index in [1.165, 1.54) is 0 Å². The van der Waals surface area contributed by atoms with Gasteiger partial charge in [0, 0.05) is 18.9 Å². The molecule has 1 aliphatic heterocycles. The van der Waals surface area contributed by atoms with Crippen molar-refractivity contribution >= 4 is 5.91 Å². The summed E-state index contributed by atoms with van der Waals surface area (Å²) in [5.74, 6) is 0.177. The van der Waals surface area contributed by atoms with Crippen molar-refractivity contribution < 1.29 is 4.79 Å². The number of nitrogens with one attached hydrogen (secondary N) is 2. The van der Waals surface area contributed by atoms with Crippen LogP contribution in [-0.4, -0.2) is 24.0 Å². The summed E-state index contributed by atoms with van der Waals surface area (Å²) in [6.45, 7) is 5.88. The van der Waals surface area contributed by atoms with Crippen molar-refractivity contribution in [2.75, 3.05) is 13.1 Å². The number of carbonyl (C=O) groups is 1. The van der Waals surface area contributed by atoms with E-state index < -0.39 is 0 Å². The summed E-state index contributed by atoms with van der Waals surface area (Å²) in [5, 5.41) is 6.46. The van der Waals surface area contributed by atoms with Gasteiger partial charge >= 0.3 is 0 Å². The Bertz CT molecular complexity index is 413. The number of pyridine rings is 1. The predicted octanol–water partition coefficient (Wildman–Crippen LogP) is 2.04. The van der Waals surface area contributed by atoms with Crippen LogP contribution in [0.3, 0.4) is 0 Å². The number of hydrogen-bond acceptors (Lipinski definition) is 3. The van der Waals surface area contributed by atoms with Gasteiger partial charge in [0.1, 0.15) is 0 Å². The molecule has 0 saturated carbocycles. The summed E-state index contributed by atoms with van der Waals surface area (Å²) in [5.41, 5.74) is 0.832. The van der Waals surface area contributed by atoms with E-state index in [9.17, 15) is 4.79 Å². The summed E-state index contributed by atoms with van der Waals surface area (Å²) in [6, 6.07) is 3.91. The van der Waals surface area contributed by atoms with Gasteiger partial charge in [-0.15, -0.1) is 0 Å². The second-order valence-electron chi connectivity index (χ2n) is 5.44. The highest BCUT2D eigenvalue weighted by atomic mass is 16.2. The molecule has 0 bridgehead atoms. The number of aromatic nitrogens is 1. The molecule has 2 heterocycles. The van der Waals surface area contributed by atoms with Crippen LogP contribution in [0.2, 0.25) is 0 Å². The zero-order chi connectivity index (χ0) is 13.7. The molecule has 2 atom stereocenters. The minimum Gasteiger partial charge on any atom is -0.349 e. The van der Waals surface area contributed by atoms with Crippen molar-refractivity contribution in [2.24, 2.45) is 5.41 Å². The van der Waals surface area contributed by atoms with Crippen molar-refractivity contribution in [1.82, 2.24) is 15.6 Å². The fourth-order valence-corrected chi connectivity index (χ4v) is 2.81. The standard InChI is InChI=1S/C15H23N3O/c1-3-6-15(7-9-17-11-15)14(19)18-12(2)13-5-4-8-16-10-13/h4-5,8,10,12,17H,3,6-7,9,11H2,1-2H3,(H,18,19)/t12-,15?/m0/s1. The maximum Gasteiger partial charge on any atom is 0.228 e. The monoisotopic (exact) mass is 261 g/mol. The Morgan fingerprint density at radius 1 is 1.63 bits per heavy atom. The highest BCUT2D eigenvalue weighted by molar-refractivity contribution is 5.83. The van der Waals surface area contributed by atoms with Gasteiger partial charge in [0.15, 0.2) is 0 Å². The summed E-state index contributed by atoms with van der Waals surface area (Å²) in [7, 11) is 0. The highest BCUT2D eigenvalue weighted by Gasteiger charge is 2.40. The van der Waals surface area contributed by atoms with Crippen LogP contribution in [0.5, 0.6) is 0 Å². The van der Waals surface area contributed by atoms with Gasteiger partial charge < -0.3 is 10.6 Å². The third-order valence-corrected chi connectivity index (χ3v) is 3.99. The largest absolute Gasteiger partial charge is 0.349 e. The van der Waals surface area contributed by atoms with Crippen LogP contribution in [0.1, 0.15) is 44.7 Å². The lowest BCUT2D eigenvalue weighted by Crippen LogP contribution is -2.43. The molecule has 0 spiro atoms. The van der Waals surface area contributed by atoms with Crippen molar-refractivity contribution in [3.8, 4) is 0 Å². The van der Waals surface area contributed by atoms with Gasteiger partial charge in [-0.1, -0.05) is 19.4 Å². The Balaban J connectivity index is 2.03. The second-order valence-corrected chi connectivity index (χ2v) is 5.44. The lowest BCUT2D eigenvalue weighted by molar-refractivity contribution is -0.131. The maximum atomic E-state index is 12.6. The number of nitrogens with zero attached hydrogens (tertiary/aromatic N) is 1. The van der Waals surface area contributed by atoms with E-state index in [1.54, 1.807) is 6.20 Å². The molecule has 19 heavy (non-hydrogen) atoms. The summed E-state index contributed by atoms with van der Waals surface area (Å²) >= 11 is 0. The number of rotatable bonds is 5. The molecule has 1 saturated heterocycles. The highest BCUT2D eigenvalue weighted by Crippen LogP contribution is 2.32. The molecular formula is C15H23N3O. The zero-order valence-electron chi connectivity index (χ0n) is 11.8. The zero-order valence-corrected chi connectivity index (χ0v) is 11.8. The molecule has 2 rings (SSSR count). The molecule has 1 aromatic heterocycles. The average molecular weight is 261 g/mol. The quantitative estimate of drug-likeness (QED) is 0.853. The molecule has 1 fully saturated rings. The van der Waals surface area contributed by atoms with E-state index >= 15 is 0 Å². The molecule has 1 amide bonds. The molecule has 104 valence electrons. The minimum atomic E-state index is -0.217. The minimum absolute atomic E-state index is 0.00975. The predicted molar refractivity (Wildman–Crippen MR) is 75.6 cm³/mol. The van der Waals surface area contributed by atoms with Crippen molar-refractivity contribution in [3.05, 3.63) is 30.1 Å². The summed E-state index contributed by atoms with van der Waals surface area (Å²) in [6.07, 6.45) is 6.48. The molecular weight excluding hydrogens is 238 g/mol. The third-order valence-electron chi connectivity index (χ3n) is 3.99. The Morgan fingerprint density at radius 2 is 2.47 bits per heavy atom. The molecule has 0 radical (unpaired) electrons. The molecule has 4 heteroatoms. The van der Waals surface area contributed by atoms with Gasteiger partial charge in [-0.05, 0) is 37.9 Å². The van der Waals surface area contributed by atoms with E-state index in [0.717, 1.165) is 37.9 Å². The van der Waals surface area contributed by atoms with Gasteiger partial charge in [0.05, 0.1) is 11.5 Å². The molecule has 1 aliphatic rings. The SMILES string of the molecule is CCCC1(C(=O)N[C@@H](C)c2cccnc2)CCNC1. The first-order valence-electron chi connectivity index (χ1n) is 7.09. The Labute approximate surface area is 115 Å². The van der Waals surface area contributed by atoms with Crippen LogP contribution >= 0.6 is 0 Å². The Kier molecular flexibility index (Phi) is 4.53. The number of hydrogen-bond donors (Lipinski definition) is 2. The maximum absolute atomic E-state index is 12.6. The molecule has 1 aromatic rings. The van der Waals surface area contributed by atoms with Crippen molar-refractivity contribution in [1.29, 1.82) is 0 Å². The van der Waals surface area contributed by atoms with Crippen LogP contribution in [0.15, 0.2) is 24.5 Å². The molecule has 1 unspecified atom stereocenters. The lowest BCUT2D eigenvalue weighted by Gasteiger charge is -2.28. The van der Waals surface area contributed by atoms with E-state index in [-0.39, 0.29) is 17.4 Å². The van der Waals surface area contributed by atoms with Gasteiger partial charge in [0.25, 0.3) is 0 Å². The molecule has 4 nitrogen and oxygen atoms in total. The van der Waals surface area contributed by atoms with E-state index in [1.807, 2.05) is 25.3 Å². The van der Waals surface area contributed by atoms with Gasteiger partial charge in [-0.25, -0.2) is 0 Å². The molecule has 2 N–H and O–H groups in total. The number of carbonyl (C=O) groups excluding carboxylic acids is 1. The van der Waals surface area contributed by atoms with Crippen molar-refractivity contribution in [3.63, 3.8) is 0 Å². The first-order valence-corrected chi connectivity index (χ1v) is 7.09. The van der Waals surface area contributed by atoms with Crippen LogP contribution in [-0.2, 0) is 4.79 Å². The van der Waals surface area contributed by atoms with E-state index in [2.05, 4.69) is 22.5 Å². The smallest absolute Gasteiger partial charge is 0.228 e. The number of amides is 1. The van der Waals surface area contributed by atoms with E-state index in [0.29, 0.717) is 0 Å². The molecule has 0 aromatic carbocycles. The molecule has 0 aliphatic carbocycles. The van der Waals surface area contributed by atoms with Crippen molar-refractivity contribution in [2.45, 2.75) is 39.2 Å². The second kappa shape index (κ2) is 6.15. The first-order chi connectivity index (χ1) is 9.18. The normalized spacial score (nSPS) is 24.1. The third kappa shape index (κ3) is 3.13. The van der Waals surface area contributed by atoms with Gasteiger partial charge in [-0.3, -0.25) is 9.78 Å². The summed E-state index contributed by atoms with van der Waals surface area (Å²) < 4.78 is 0. The van der Waals surface area contributed by atoms with Gasteiger partial charge in [-0.2, -0.15) is 0 Å². The fraction of sp³-hybridized carbons (Fsp3) is 0.600. The van der Waals surface area contributed by atoms with Crippen LogP contribution in [0.4, 0.5) is 0 Å². The lowest BCUT2D eigenvalue weighted by atomic mass is 9.81. The first kappa shape index (κ1) is 14.0. The van der Waals surface area contributed by atoms with Crippen LogP contribution in [0, 0.1) is 5.41 Å². The Hall–Kier alpha value is -1.42. The Morgan fingerprint density at radius 3 is 3.05 bits per heavy atom. The average Bonchev–Trinajstić information content (AvgIpc) is 2.90. The van der Waals surface area contributed by atoms with Gasteiger partial charge in [0.2, 0.25) is 5.91 Å². The summed E-state index contributed by atoms with van der Waals surface area (Å²) in [4.78, 5) is 16.7. The van der Waals surface area contributed by atoms with Crippen LogP contribution in [0.25, 0.3) is 0 Å². The fourth-order valence-electron chi connectivity index (χ4n) is 2.81. The van der Waals surface area contributed by atoms with E-state index in [4.69, 9.17) is 0 Å².